The van der Waals surface area contributed by atoms with Gasteiger partial charge in [-0.2, -0.15) is 0 Å². The van der Waals surface area contributed by atoms with Crippen LogP contribution in [0.15, 0.2) is 47.4 Å². The summed E-state index contributed by atoms with van der Waals surface area (Å²) in [6.07, 6.45) is 1.53. The van der Waals surface area contributed by atoms with Gasteiger partial charge in [-0.1, -0.05) is 65.4 Å². The highest BCUT2D eigenvalue weighted by molar-refractivity contribution is 8.27. The second-order valence-electron chi connectivity index (χ2n) is 5.01. The van der Waals surface area contributed by atoms with E-state index in [0.717, 1.165) is 11.8 Å². The maximum atomic E-state index is 12.7. The van der Waals surface area contributed by atoms with Crippen molar-refractivity contribution >= 4 is 75.1 Å². The van der Waals surface area contributed by atoms with Crippen LogP contribution >= 0.6 is 47.2 Å². The van der Waals surface area contributed by atoms with Gasteiger partial charge in [0.25, 0.3) is 5.91 Å². The molecule has 2 aromatic rings. The highest BCUT2D eigenvalue weighted by atomic mass is 35.5. The van der Waals surface area contributed by atoms with E-state index in [4.69, 9.17) is 35.4 Å². The number of carboxylic acid groups (broad SMARTS) is 1. The topological polar surface area (TPSA) is 57.6 Å². The third-order valence-corrected chi connectivity index (χ3v) is 5.47. The van der Waals surface area contributed by atoms with E-state index in [9.17, 15) is 14.7 Å². The summed E-state index contributed by atoms with van der Waals surface area (Å²) in [6.45, 7) is 0. The first-order valence-corrected chi connectivity index (χ1v) is 8.92. The molecule has 126 valence electrons. The lowest BCUT2D eigenvalue weighted by molar-refractivity contribution is -0.113. The lowest BCUT2D eigenvalue weighted by Crippen LogP contribution is -2.27. The van der Waals surface area contributed by atoms with Crippen molar-refractivity contribution in [2.24, 2.45) is 0 Å². The Kier molecular flexibility index (Phi) is 5.15. The van der Waals surface area contributed by atoms with E-state index in [1.807, 2.05) is 0 Å². The van der Waals surface area contributed by atoms with Crippen LogP contribution in [0, 0.1) is 0 Å². The lowest BCUT2D eigenvalue weighted by Gasteiger charge is -2.15. The fourth-order valence-electron chi connectivity index (χ4n) is 2.27. The summed E-state index contributed by atoms with van der Waals surface area (Å²) in [6, 6.07) is 11.2. The molecule has 1 saturated heterocycles. The number of rotatable bonds is 3. The molecule has 3 rings (SSSR count). The summed E-state index contributed by atoms with van der Waals surface area (Å²) >= 11 is 18.3. The minimum Gasteiger partial charge on any atom is -0.478 e. The minimum atomic E-state index is -1.06. The monoisotopic (exact) mass is 409 g/mol. The summed E-state index contributed by atoms with van der Waals surface area (Å²) in [7, 11) is 0. The Labute approximate surface area is 163 Å². The quantitative estimate of drug-likeness (QED) is 0.564. The predicted octanol–water partition coefficient (Wildman–Crippen LogP) is 5.10. The molecular weight excluding hydrogens is 401 g/mol. The number of nitrogens with zero attached hydrogens (tertiary/aromatic N) is 1. The fraction of sp³-hybridized carbons (Fsp3) is 0. The van der Waals surface area contributed by atoms with Gasteiger partial charge in [0, 0.05) is 0 Å². The summed E-state index contributed by atoms with van der Waals surface area (Å²) in [5, 5.41) is 9.95. The third-order valence-electron chi connectivity index (χ3n) is 3.43. The Morgan fingerprint density at radius 2 is 1.88 bits per heavy atom. The van der Waals surface area contributed by atoms with Crippen LogP contribution in [0.3, 0.4) is 0 Å². The number of thioether (sulfide) groups is 1. The van der Waals surface area contributed by atoms with Crippen LogP contribution < -0.4 is 4.90 Å². The Morgan fingerprint density at radius 1 is 1.16 bits per heavy atom. The van der Waals surface area contributed by atoms with E-state index in [1.165, 1.54) is 17.0 Å². The van der Waals surface area contributed by atoms with E-state index in [-0.39, 0.29) is 11.5 Å². The van der Waals surface area contributed by atoms with Crippen LogP contribution in [0.4, 0.5) is 5.69 Å². The van der Waals surface area contributed by atoms with Gasteiger partial charge in [-0.3, -0.25) is 9.69 Å². The van der Waals surface area contributed by atoms with Crippen LogP contribution in [-0.4, -0.2) is 21.3 Å². The number of thiocarbonyl (C=S) groups is 1. The molecule has 1 aliphatic heterocycles. The van der Waals surface area contributed by atoms with E-state index in [2.05, 4.69) is 0 Å². The molecular formula is C17H9Cl2NO3S2. The van der Waals surface area contributed by atoms with Crippen molar-refractivity contribution in [1.29, 1.82) is 0 Å². The van der Waals surface area contributed by atoms with E-state index in [0.29, 0.717) is 30.5 Å². The second-order valence-corrected chi connectivity index (χ2v) is 7.50. The van der Waals surface area contributed by atoms with E-state index >= 15 is 0 Å². The van der Waals surface area contributed by atoms with Crippen LogP contribution in [0.1, 0.15) is 15.9 Å². The van der Waals surface area contributed by atoms with Crippen molar-refractivity contribution in [3.05, 3.63) is 68.5 Å². The molecule has 0 spiro atoms. The van der Waals surface area contributed by atoms with Crippen LogP contribution in [0.25, 0.3) is 6.08 Å². The first kappa shape index (κ1) is 17.9. The normalized spacial score (nSPS) is 15.9. The Morgan fingerprint density at radius 3 is 2.56 bits per heavy atom. The highest BCUT2D eigenvalue weighted by Gasteiger charge is 2.33. The van der Waals surface area contributed by atoms with Gasteiger partial charge in [0.1, 0.15) is 0 Å². The summed E-state index contributed by atoms with van der Waals surface area (Å²) in [4.78, 5) is 25.7. The van der Waals surface area contributed by atoms with Gasteiger partial charge in [0.2, 0.25) is 0 Å². The molecule has 8 heteroatoms. The number of benzene rings is 2. The number of carbonyl (C=O) groups excluding carboxylic acids is 1. The Balaban J connectivity index is 1.99. The molecule has 0 atom stereocenters. The number of aromatic carboxylic acids is 1. The molecule has 1 N–H and O–H groups in total. The van der Waals surface area contributed by atoms with Crippen molar-refractivity contribution in [3.63, 3.8) is 0 Å². The summed E-state index contributed by atoms with van der Waals surface area (Å²) in [5.74, 6) is -1.40. The molecule has 0 bridgehead atoms. The van der Waals surface area contributed by atoms with Crippen LogP contribution in [0.2, 0.25) is 10.0 Å². The molecule has 0 unspecified atom stereocenters. The summed E-state index contributed by atoms with van der Waals surface area (Å²) < 4.78 is 0.336. The van der Waals surface area contributed by atoms with E-state index < -0.39 is 5.97 Å². The first-order chi connectivity index (χ1) is 11.9. The van der Waals surface area contributed by atoms with Crippen LogP contribution in [-0.2, 0) is 4.79 Å². The lowest BCUT2D eigenvalue weighted by atomic mass is 10.1. The van der Waals surface area contributed by atoms with Gasteiger partial charge in [0.05, 0.1) is 26.2 Å². The number of hydrogen-bond donors (Lipinski definition) is 1. The average Bonchev–Trinajstić information content (AvgIpc) is 2.84. The van der Waals surface area contributed by atoms with Gasteiger partial charge < -0.3 is 5.11 Å². The van der Waals surface area contributed by atoms with Crippen molar-refractivity contribution in [2.45, 2.75) is 0 Å². The van der Waals surface area contributed by atoms with Gasteiger partial charge in [-0.15, -0.1) is 0 Å². The predicted molar refractivity (Wildman–Crippen MR) is 106 cm³/mol. The number of anilines is 1. The average molecular weight is 410 g/mol. The molecule has 1 heterocycles. The molecule has 2 aromatic carbocycles. The molecule has 25 heavy (non-hydrogen) atoms. The van der Waals surface area contributed by atoms with Gasteiger partial charge >= 0.3 is 5.97 Å². The number of hydrogen-bond acceptors (Lipinski definition) is 4. The molecule has 1 fully saturated rings. The number of amides is 1. The molecule has 1 amide bonds. The zero-order valence-corrected chi connectivity index (χ0v) is 15.5. The van der Waals surface area contributed by atoms with Gasteiger partial charge in [0.15, 0.2) is 4.32 Å². The molecule has 4 nitrogen and oxygen atoms in total. The highest BCUT2D eigenvalue weighted by Crippen LogP contribution is 2.38. The number of carboxylic acids is 1. The van der Waals surface area contributed by atoms with Gasteiger partial charge in [-0.25, -0.2) is 4.79 Å². The zero-order valence-electron chi connectivity index (χ0n) is 12.4. The molecule has 0 radical (unpaired) electrons. The minimum absolute atomic E-state index is 0.113. The van der Waals surface area contributed by atoms with Crippen LogP contribution in [0.5, 0.6) is 0 Å². The Hall–Kier alpha value is -1.86. The Bertz CT molecular complexity index is 943. The largest absolute Gasteiger partial charge is 0.478 e. The first-order valence-electron chi connectivity index (χ1n) is 6.94. The van der Waals surface area contributed by atoms with Crippen molar-refractivity contribution < 1.29 is 14.7 Å². The van der Waals surface area contributed by atoms with Crippen molar-refractivity contribution in [1.82, 2.24) is 0 Å². The molecule has 0 saturated carbocycles. The van der Waals surface area contributed by atoms with E-state index in [1.54, 1.807) is 36.4 Å². The molecule has 1 aliphatic rings. The van der Waals surface area contributed by atoms with Crippen molar-refractivity contribution in [2.75, 3.05) is 4.90 Å². The smallest absolute Gasteiger partial charge is 0.336 e. The molecule has 0 aromatic heterocycles. The fourth-order valence-corrected chi connectivity index (χ4v) is 3.86. The SMILES string of the molecule is O=C(O)c1ccccc1/C=C1/SC(=S)N(c2ccc(Cl)c(Cl)c2)C1=O. The maximum Gasteiger partial charge on any atom is 0.336 e. The third kappa shape index (κ3) is 3.57. The van der Waals surface area contributed by atoms with Gasteiger partial charge in [-0.05, 0) is 35.9 Å². The number of halogens is 2. The zero-order chi connectivity index (χ0) is 18.1. The second kappa shape index (κ2) is 7.17. The standard InChI is InChI=1S/C17H9Cl2NO3S2/c18-12-6-5-10(8-13(12)19)20-15(21)14(25-17(20)24)7-9-3-1-2-4-11(9)16(22)23/h1-8H,(H,22,23)/b14-7+. The van der Waals surface area contributed by atoms with Crippen molar-refractivity contribution in [3.8, 4) is 0 Å². The molecule has 0 aliphatic carbocycles. The maximum absolute atomic E-state index is 12.7. The summed E-state index contributed by atoms with van der Waals surface area (Å²) in [5.41, 5.74) is 1.05. The number of carbonyl (C=O) groups is 2.